The Morgan fingerprint density at radius 2 is 2.43 bits per heavy atom. The first-order chi connectivity index (χ1) is 6.68. The Hall–Kier alpha value is -0.480. The molecule has 1 aromatic carbocycles. The lowest BCUT2D eigenvalue weighted by molar-refractivity contribution is -0.137. The first-order valence-corrected chi connectivity index (χ1v) is 6.09. The molecule has 1 unspecified atom stereocenters. The Morgan fingerprint density at radius 1 is 1.64 bits per heavy atom. The zero-order valence-electron chi connectivity index (χ0n) is 7.37. The molecule has 0 radical (unpaired) electrons. The summed E-state index contributed by atoms with van der Waals surface area (Å²) in [4.78, 5) is 11.9. The number of carbonyl (C=O) groups is 1. The summed E-state index contributed by atoms with van der Waals surface area (Å²) in [5.41, 5.74) is 1.17. The van der Waals surface area contributed by atoms with Crippen LogP contribution in [-0.4, -0.2) is 16.8 Å². The molecule has 0 saturated carbocycles. The Balaban J connectivity index is 2.33. The Kier molecular flexibility index (Phi) is 2.83. The SMILES string of the molecule is O=C(O)CC1CSc2cccc(Br)c21. The Labute approximate surface area is 94.8 Å². The Bertz CT molecular complexity index is 378. The van der Waals surface area contributed by atoms with E-state index in [1.54, 1.807) is 11.8 Å². The lowest BCUT2D eigenvalue weighted by atomic mass is 9.98. The minimum absolute atomic E-state index is 0.156. The van der Waals surface area contributed by atoms with Crippen LogP contribution < -0.4 is 0 Å². The minimum atomic E-state index is -0.723. The monoisotopic (exact) mass is 272 g/mol. The van der Waals surface area contributed by atoms with Crippen molar-refractivity contribution in [3.8, 4) is 0 Å². The molecule has 0 amide bonds. The summed E-state index contributed by atoms with van der Waals surface area (Å²) in [7, 11) is 0. The second kappa shape index (κ2) is 3.95. The largest absolute Gasteiger partial charge is 0.481 e. The van der Waals surface area contributed by atoms with Crippen LogP contribution in [0, 0.1) is 0 Å². The quantitative estimate of drug-likeness (QED) is 0.899. The van der Waals surface area contributed by atoms with Crippen LogP contribution in [0.4, 0.5) is 0 Å². The number of fused-ring (bicyclic) bond motifs is 1. The first-order valence-electron chi connectivity index (χ1n) is 4.31. The molecule has 0 aliphatic carbocycles. The number of benzene rings is 1. The molecule has 0 bridgehead atoms. The number of halogens is 1. The lowest BCUT2D eigenvalue weighted by Crippen LogP contribution is -2.05. The smallest absolute Gasteiger partial charge is 0.303 e. The predicted octanol–water partition coefficient (Wildman–Crippen LogP) is 3.11. The van der Waals surface area contributed by atoms with Crippen molar-refractivity contribution in [2.24, 2.45) is 0 Å². The number of carboxylic acids is 1. The molecule has 1 aromatic rings. The van der Waals surface area contributed by atoms with Gasteiger partial charge in [0.2, 0.25) is 0 Å². The Morgan fingerprint density at radius 3 is 3.14 bits per heavy atom. The molecule has 74 valence electrons. The van der Waals surface area contributed by atoms with Crippen molar-refractivity contribution in [1.29, 1.82) is 0 Å². The van der Waals surface area contributed by atoms with Crippen LogP contribution in [-0.2, 0) is 4.79 Å². The van der Waals surface area contributed by atoms with Gasteiger partial charge in [-0.25, -0.2) is 0 Å². The van der Waals surface area contributed by atoms with Gasteiger partial charge in [-0.05, 0) is 17.7 Å². The van der Waals surface area contributed by atoms with E-state index in [0.29, 0.717) is 0 Å². The van der Waals surface area contributed by atoms with Gasteiger partial charge in [0.25, 0.3) is 0 Å². The van der Waals surface area contributed by atoms with Gasteiger partial charge in [0.05, 0.1) is 6.42 Å². The van der Waals surface area contributed by atoms with Gasteiger partial charge in [-0.15, -0.1) is 11.8 Å². The van der Waals surface area contributed by atoms with E-state index < -0.39 is 5.97 Å². The maximum atomic E-state index is 10.7. The molecule has 0 fully saturated rings. The van der Waals surface area contributed by atoms with Crippen LogP contribution in [0.2, 0.25) is 0 Å². The summed E-state index contributed by atoms with van der Waals surface area (Å²) >= 11 is 5.21. The third-order valence-corrected chi connectivity index (χ3v) is 4.21. The lowest BCUT2D eigenvalue weighted by Gasteiger charge is -2.08. The molecule has 1 heterocycles. The highest BCUT2D eigenvalue weighted by Gasteiger charge is 2.26. The van der Waals surface area contributed by atoms with E-state index in [0.717, 1.165) is 10.2 Å². The molecule has 0 spiro atoms. The van der Waals surface area contributed by atoms with Crippen molar-refractivity contribution in [3.05, 3.63) is 28.2 Å². The minimum Gasteiger partial charge on any atom is -0.481 e. The van der Waals surface area contributed by atoms with Crippen LogP contribution in [0.5, 0.6) is 0 Å². The molecular weight excluding hydrogens is 264 g/mol. The molecule has 0 aromatic heterocycles. The zero-order valence-corrected chi connectivity index (χ0v) is 9.77. The van der Waals surface area contributed by atoms with Gasteiger partial charge in [0.1, 0.15) is 0 Å². The van der Waals surface area contributed by atoms with Crippen LogP contribution in [0.25, 0.3) is 0 Å². The van der Waals surface area contributed by atoms with Crippen molar-refractivity contribution in [3.63, 3.8) is 0 Å². The van der Waals surface area contributed by atoms with Crippen LogP contribution in [0.3, 0.4) is 0 Å². The summed E-state index contributed by atoms with van der Waals surface area (Å²) in [5.74, 6) is 0.312. The van der Waals surface area contributed by atoms with Gasteiger partial charge >= 0.3 is 5.97 Å². The van der Waals surface area contributed by atoms with Gasteiger partial charge < -0.3 is 5.11 Å². The molecule has 4 heteroatoms. The maximum absolute atomic E-state index is 10.7. The summed E-state index contributed by atoms with van der Waals surface area (Å²) in [6.45, 7) is 0. The third kappa shape index (κ3) is 1.81. The highest BCUT2D eigenvalue weighted by atomic mass is 79.9. The zero-order chi connectivity index (χ0) is 10.1. The standard InChI is InChI=1S/C10H9BrO2S/c11-7-2-1-3-8-10(7)6(5-14-8)4-9(12)13/h1-3,6H,4-5H2,(H,12,13). The van der Waals surface area contributed by atoms with E-state index in [2.05, 4.69) is 15.9 Å². The highest BCUT2D eigenvalue weighted by Crippen LogP contribution is 2.44. The number of thioether (sulfide) groups is 1. The summed E-state index contributed by atoms with van der Waals surface area (Å²) < 4.78 is 1.03. The number of carboxylic acid groups (broad SMARTS) is 1. The van der Waals surface area contributed by atoms with Crippen molar-refractivity contribution < 1.29 is 9.90 Å². The maximum Gasteiger partial charge on any atom is 0.303 e. The summed E-state index contributed by atoms with van der Waals surface area (Å²) in [5, 5.41) is 8.77. The van der Waals surface area contributed by atoms with Crippen molar-refractivity contribution >= 4 is 33.7 Å². The van der Waals surface area contributed by atoms with Crippen LogP contribution >= 0.6 is 27.7 Å². The van der Waals surface area contributed by atoms with E-state index in [9.17, 15) is 4.79 Å². The number of aliphatic carboxylic acids is 1. The normalized spacial score (nSPS) is 19.4. The fourth-order valence-electron chi connectivity index (χ4n) is 1.68. The predicted molar refractivity (Wildman–Crippen MR) is 59.9 cm³/mol. The molecule has 2 rings (SSSR count). The van der Waals surface area contributed by atoms with Gasteiger partial charge in [-0.3, -0.25) is 4.79 Å². The van der Waals surface area contributed by atoms with Crippen LogP contribution in [0.1, 0.15) is 17.9 Å². The highest BCUT2D eigenvalue weighted by molar-refractivity contribution is 9.10. The molecule has 1 aliphatic heterocycles. The molecule has 14 heavy (non-hydrogen) atoms. The number of hydrogen-bond donors (Lipinski definition) is 1. The van der Waals surface area contributed by atoms with Crippen molar-refractivity contribution in [1.82, 2.24) is 0 Å². The van der Waals surface area contributed by atoms with Gasteiger partial charge in [0.15, 0.2) is 0 Å². The first kappa shape index (κ1) is 10.1. The summed E-state index contributed by atoms with van der Waals surface area (Å²) in [6, 6.07) is 6.01. The fourth-order valence-corrected chi connectivity index (χ4v) is 3.78. The number of hydrogen-bond acceptors (Lipinski definition) is 2. The molecule has 1 atom stereocenters. The van der Waals surface area contributed by atoms with E-state index in [4.69, 9.17) is 5.11 Å². The van der Waals surface area contributed by atoms with Gasteiger partial charge in [0, 0.05) is 21.0 Å². The topological polar surface area (TPSA) is 37.3 Å². The van der Waals surface area contributed by atoms with Gasteiger partial charge in [-0.1, -0.05) is 22.0 Å². The number of rotatable bonds is 2. The molecule has 2 nitrogen and oxygen atoms in total. The fraction of sp³-hybridized carbons (Fsp3) is 0.300. The third-order valence-electron chi connectivity index (χ3n) is 2.28. The molecule has 1 N–H and O–H groups in total. The average Bonchev–Trinajstić information content (AvgIpc) is 2.49. The average molecular weight is 273 g/mol. The van der Waals surface area contributed by atoms with E-state index >= 15 is 0 Å². The molecule has 0 saturated heterocycles. The molecule has 1 aliphatic rings. The van der Waals surface area contributed by atoms with Crippen LogP contribution in [0.15, 0.2) is 27.6 Å². The molecular formula is C10H9BrO2S. The summed E-state index contributed by atoms with van der Waals surface area (Å²) in [6.07, 6.45) is 0.225. The van der Waals surface area contributed by atoms with E-state index in [1.807, 2.05) is 18.2 Å². The second-order valence-electron chi connectivity index (χ2n) is 3.26. The van der Waals surface area contributed by atoms with Gasteiger partial charge in [-0.2, -0.15) is 0 Å². The van der Waals surface area contributed by atoms with E-state index in [-0.39, 0.29) is 12.3 Å². The second-order valence-corrected chi connectivity index (χ2v) is 5.17. The van der Waals surface area contributed by atoms with Crippen molar-refractivity contribution in [2.75, 3.05) is 5.75 Å². The van der Waals surface area contributed by atoms with Crippen molar-refractivity contribution in [2.45, 2.75) is 17.2 Å². The van der Waals surface area contributed by atoms with E-state index in [1.165, 1.54) is 10.5 Å².